The van der Waals surface area contributed by atoms with Gasteiger partial charge >= 0.3 is 6.18 Å². The van der Waals surface area contributed by atoms with Crippen molar-refractivity contribution in [3.63, 3.8) is 0 Å². The Morgan fingerprint density at radius 2 is 1.95 bits per heavy atom. The van der Waals surface area contributed by atoms with Crippen LogP contribution in [0.3, 0.4) is 0 Å². The van der Waals surface area contributed by atoms with Crippen LogP contribution in [0, 0.1) is 10.1 Å². The van der Waals surface area contributed by atoms with Crippen LogP contribution in [0.2, 0.25) is 0 Å². The first-order valence-electron chi connectivity index (χ1n) is 4.73. The second-order valence-electron chi connectivity index (χ2n) is 3.47. The number of aromatic nitrogens is 2. The first kappa shape index (κ1) is 13.2. The van der Waals surface area contributed by atoms with E-state index in [0.29, 0.717) is 6.07 Å². The highest BCUT2D eigenvalue weighted by Gasteiger charge is 2.33. The van der Waals surface area contributed by atoms with Crippen LogP contribution >= 0.6 is 11.3 Å². The maximum absolute atomic E-state index is 12.7. The molecule has 6 nitrogen and oxygen atoms in total. The van der Waals surface area contributed by atoms with Gasteiger partial charge in [0, 0.05) is 17.7 Å². The number of anilines is 1. The monoisotopic (exact) mass is 290 g/mol. The summed E-state index contributed by atoms with van der Waals surface area (Å²) in [6.07, 6.45) is -4.68. The minimum absolute atomic E-state index is 0.0456. The van der Waals surface area contributed by atoms with Gasteiger partial charge in [0.25, 0.3) is 5.69 Å². The maximum Gasteiger partial charge on any atom is 0.416 e. The van der Waals surface area contributed by atoms with Crippen molar-refractivity contribution in [2.45, 2.75) is 6.18 Å². The van der Waals surface area contributed by atoms with Crippen LogP contribution in [-0.2, 0) is 6.18 Å². The highest BCUT2D eigenvalue weighted by Crippen LogP contribution is 2.36. The van der Waals surface area contributed by atoms with Crippen LogP contribution in [0.5, 0.6) is 0 Å². The molecule has 0 aliphatic carbocycles. The first-order valence-corrected chi connectivity index (χ1v) is 5.55. The van der Waals surface area contributed by atoms with E-state index in [1.807, 2.05) is 0 Å². The quantitative estimate of drug-likeness (QED) is 0.677. The number of hydrogen-bond acceptors (Lipinski definition) is 6. The molecule has 0 aliphatic heterocycles. The molecule has 2 rings (SSSR count). The van der Waals surface area contributed by atoms with Gasteiger partial charge in [-0.1, -0.05) is 11.3 Å². The van der Waals surface area contributed by atoms with Gasteiger partial charge in [-0.15, -0.1) is 10.2 Å². The Balaban J connectivity index is 2.61. The summed E-state index contributed by atoms with van der Waals surface area (Å²) < 4.78 is 38.0. The Hall–Kier alpha value is -2.23. The van der Waals surface area contributed by atoms with Crippen molar-refractivity contribution in [3.8, 4) is 10.6 Å². The van der Waals surface area contributed by atoms with Crippen molar-refractivity contribution in [2.75, 3.05) is 5.73 Å². The molecule has 0 atom stereocenters. The topological polar surface area (TPSA) is 94.9 Å². The molecule has 0 spiro atoms. The Morgan fingerprint density at radius 3 is 2.42 bits per heavy atom. The van der Waals surface area contributed by atoms with Crippen LogP contribution in [-0.4, -0.2) is 15.1 Å². The van der Waals surface area contributed by atoms with Gasteiger partial charge in [-0.3, -0.25) is 10.1 Å². The Bertz CT molecular complexity index is 641. The normalized spacial score (nSPS) is 11.5. The average molecular weight is 290 g/mol. The highest BCUT2D eigenvalue weighted by atomic mass is 32.1. The molecule has 0 aliphatic rings. The number of alkyl halides is 3. The van der Waals surface area contributed by atoms with E-state index >= 15 is 0 Å². The number of nitrogen functional groups attached to an aromatic ring is 1. The third-order valence-corrected chi connectivity index (χ3v) is 2.94. The fourth-order valence-corrected chi connectivity index (χ4v) is 1.95. The Labute approximate surface area is 107 Å². The molecule has 2 N–H and O–H groups in total. The van der Waals surface area contributed by atoms with Crippen molar-refractivity contribution in [2.24, 2.45) is 0 Å². The molecule has 0 amide bonds. The summed E-state index contributed by atoms with van der Waals surface area (Å²) in [5, 5.41) is 17.8. The van der Waals surface area contributed by atoms with Gasteiger partial charge in [-0.2, -0.15) is 13.2 Å². The van der Waals surface area contributed by atoms with E-state index in [-0.39, 0.29) is 15.7 Å². The number of rotatable bonds is 2. The van der Waals surface area contributed by atoms with Gasteiger partial charge in [-0.05, 0) is 6.07 Å². The zero-order chi connectivity index (χ0) is 14.2. The van der Waals surface area contributed by atoms with Crippen LogP contribution in [0.15, 0.2) is 18.2 Å². The Kier molecular flexibility index (Phi) is 3.10. The minimum atomic E-state index is -4.68. The van der Waals surface area contributed by atoms with E-state index in [0.717, 1.165) is 23.5 Å². The van der Waals surface area contributed by atoms with Crippen molar-refractivity contribution in [1.82, 2.24) is 10.2 Å². The molecular weight excluding hydrogens is 285 g/mol. The standard InChI is InChI=1S/C9H5F3N4O2S/c10-9(11,12)5-1-4(2-6(3-5)16(17)18)7-14-15-8(13)19-7/h1-3H,(H2,13,15). The lowest BCUT2D eigenvalue weighted by Crippen LogP contribution is -2.06. The predicted molar refractivity (Wildman–Crippen MR) is 61.4 cm³/mol. The molecule has 1 heterocycles. The first-order chi connectivity index (χ1) is 8.77. The predicted octanol–water partition coefficient (Wildman–Crippen LogP) is 2.71. The van der Waals surface area contributed by atoms with E-state index < -0.39 is 22.4 Å². The minimum Gasteiger partial charge on any atom is -0.374 e. The molecule has 100 valence electrons. The van der Waals surface area contributed by atoms with Gasteiger partial charge in [0.05, 0.1) is 10.5 Å². The number of halogens is 3. The van der Waals surface area contributed by atoms with E-state index in [1.165, 1.54) is 0 Å². The van der Waals surface area contributed by atoms with Crippen molar-refractivity contribution < 1.29 is 18.1 Å². The van der Waals surface area contributed by atoms with Crippen LogP contribution in [0.1, 0.15) is 5.56 Å². The van der Waals surface area contributed by atoms with Crippen LogP contribution < -0.4 is 5.73 Å². The number of benzene rings is 1. The largest absolute Gasteiger partial charge is 0.416 e. The molecule has 0 saturated heterocycles. The number of non-ortho nitro benzene ring substituents is 1. The van der Waals surface area contributed by atoms with Gasteiger partial charge in [0.15, 0.2) is 0 Å². The molecular formula is C9H5F3N4O2S. The van der Waals surface area contributed by atoms with Crippen molar-refractivity contribution in [1.29, 1.82) is 0 Å². The summed E-state index contributed by atoms with van der Waals surface area (Å²) in [7, 11) is 0. The van der Waals surface area contributed by atoms with Gasteiger partial charge in [0.2, 0.25) is 5.13 Å². The molecule has 10 heteroatoms. The summed E-state index contributed by atoms with van der Waals surface area (Å²) in [5.41, 5.74) is 3.49. The smallest absolute Gasteiger partial charge is 0.374 e. The number of hydrogen-bond donors (Lipinski definition) is 1. The Morgan fingerprint density at radius 1 is 1.26 bits per heavy atom. The SMILES string of the molecule is Nc1nnc(-c2cc([N+](=O)[O-])cc(C(F)(F)F)c2)s1. The molecule has 0 unspecified atom stereocenters. The second kappa shape index (κ2) is 4.46. The van der Waals surface area contributed by atoms with Crippen LogP contribution in [0.4, 0.5) is 24.0 Å². The summed E-state index contributed by atoms with van der Waals surface area (Å²) in [5.74, 6) is 0. The number of nitrogens with two attached hydrogens (primary N) is 1. The lowest BCUT2D eigenvalue weighted by molar-refractivity contribution is -0.385. The zero-order valence-corrected chi connectivity index (χ0v) is 9.83. The average Bonchev–Trinajstić information content (AvgIpc) is 2.74. The number of nitrogens with zero attached hydrogens (tertiary/aromatic N) is 3. The van der Waals surface area contributed by atoms with E-state index in [9.17, 15) is 23.3 Å². The molecule has 0 radical (unpaired) electrons. The van der Waals surface area contributed by atoms with Gasteiger partial charge < -0.3 is 5.73 Å². The third kappa shape index (κ3) is 2.78. The van der Waals surface area contributed by atoms with Crippen LogP contribution in [0.25, 0.3) is 10.6 Å². The summed E-state index contributed by atoms with van der Waals surface area (Å²) in [6.45, 7) is 0. The third-order valence-electron chi connectivity index (χ3n) is 2.14. The molecule has 2 aromatic rings. The second-order valence-corrected chi connectivity index (χ2v) is 4.48. The lowest BCUT2D eigenvalue weighted by atomic mass is 10.1. The van der Waals surface area contributed by atoms with Crippen molar-refractivity contribution in [3.05, 3.63) is 33.9 Å². The molecule has 1 aromatic heterocycles. The van der Waals surface area contributed by atoms with Gasteiger partial charge in [-0.25, -0.2) is 0 Å². The number of nitro benzene ring substituents is 1. The zero-order valence-electron chi connectivity index (χ0n) is 9.01. The molecule has 0 saturated carbocycles. The van der Waals surface area contributed by atoms with E-state index in [1.54, 1.807) is 0 Å². The molecule has 19 heavy (non-hydrogen) atoms. The number of nitro groups is 1. The maximum atomic E-state index is 12.7. The van der Waals surface area contributed by atoms with Crippen molar-refractivity contribution >= 4 is 22.2 Å². The lowest BCUT2D eigenvalue weighted by Gasteiger charge is -2.07. The molecule has 0 fully saturated rings. The van der Waals surface area contributed by atoms with E-state index in [4.69, 9.17) is 5.73 Å². The fourth-order valence-electron chi connectivity index (χ4n) is 1.35. The molecule has 0 bridgehead atoms. The molecule has 1 aromatic carbocycles. The van der Waals surface area contributed by atoms with Gasteiger partial charge in [0.1, 0.15) is 5.01 Å². The summed E-state index contributed by atoms with van der Waals surface area (Å²) in [6, 6.07) is 2.23. The fraction of sp³-hybridized carbons (Fsp3) is 0.111. The summed E-state index contributed by atoms with van der Waals surface area (Å²) in [4.78, 5) is 9.75. The highest BCUT2D eigenvalue weighted by molar-refractivity contribution is 7.18. The van der Waals surface area contributed by atoms with E-state index in [2.05, 4.69) is 10.2 Å². The summed E-state index contributed by atoms with van der Waals surface area (Å²) >= 11 is 0.846.